The number of rotatable bonds is 8. The lowest BCUT2D eigenvalue weighted by atomic mass is 10.1. The van der Waals surface area contributed by atoms with E-state index in [-0.39, 0.29) is 29.9 Å². The number of amides is 1. The van der Waals surface area contributed by atoms with Gasteiger partial charge in [-0.1, -0.05) is 42.5 Å². The first-order valence-corrected chi connectivity index (χ1v) is 10.4. The Morgan fingerprint density at radius 3 is 2.29 bits per heavy atom. The fraction of sp³-hybridized carbons (Fsp3) is 0.391. The van der Waals surface area contributed by atoms with Gasteiger partial charge in [0.1, 0.15) is 0 Å². The molecule has 3 N–H and O–H groups in total. The zero-order chi connectivity index (χ0) is 21.0. The number of aliphatic imine (C=N–C) groups is 1. The Hall–Kier alpha value is -2.17. The van der Waals surface area contributed by atoms with E-state index in [0.29, 0.717) is 31.2 Å². The lowest BCUT2D eigenvalue weighted by Gasteiger charge is -2.27. The van der Waals surface area contributed by atoms with Crippen LogP contribution in [0.2, 0.25) is 0 Å². The van der Waals surface area contributed by atoms with Gasteiger partial charge in [0.15, 0.2) is 5.96 Å². The average Bonchev–Trinajstić information content (AvgIpc) is 2.80. The van der Waals surface area contributed by atoms with Crippen molar-refractivity contribution in [3.63, 3.8) is 0 Å². The molecular weight excluding hydrogens is 505 g/mol. The third-order valence-electron chi connectivity index (χ3n) is 5.02. The van der Waals surface area contributed by atoms with E-state index in [1.807, 2.05) is 18.2 Å². The van der Waals surface area contributed by atoms with Gasteiger partial charge < -0.3 is 20.7 Å². The molecule has 0 aliphatic carbocycles. The van der Waals surface area contributed by atoms with Crippen molar-refractivity contribution in [3.05, 3.63) is 71.3 Å². The Labute approximate surface area is 201 Å². The molecule has 1 amide bonds. The van der Waals surface area contributed by atoms with Crippen molar-refractivity contribution in [3.8, 4) is 0 Å². The van der Waals surface area contributed by atoms with Crippen LogP contribution in [0.4, 0.5) is 0 Å². The summed E-state index contributed by atoms with van der Waals surface area (Å²) in [6, 6.07) is 17.7. The van der Waals surface area contributed by atoms with Crippen molar-refractivity contribution in [2.45, 2.75) is 13.1 Å². The number of nitrogens with one attached hydrogen (secondary N) is 3. The summed E-state index contributed by atoms with van der Waals surface area (Å²) in [6.07, 6.45) is 0. The highest BCUT2D eigenvalue weighted by molar-refractivity contribution is 14.0. The molecule has 0 bridgehead atoms. The maximum atomic E-state index is 12.1. The molecule has 0 atom stereocenters. The van der Waals surface area contributed by atoms with Crippen molar-refractivity contribution in [1.29, 1.82) is 0 Å². The molecule has 7 nitrogen and oxygen atoms in total. The highest BCUT2D eigenvalue weighted by Gasteiger charge is 2.12. The van der Waals surface area contributed by atoms with Crippen LogP contribution in [0, 0.1) is 0 Å². The van der Waals surface area contributed by atoms with E-state index in [0.717, 1.165) is 32.8 Å². The van der Waals surface area contributed by atoms with Crippen LogP contribution in [0.3, 0.4) is 0 Å². The molecule has 168 valence electrons. The Bertz CT molecular complexity index is 826. The van der Waals surface area contributed by atoms with Crippen LogP contribution in [0.1, 0.15) is 21.5 Å². The van der Waals surface area contributed by atoms with Crippen LogP contribution in [-0.2, 0) is 17.8 Å². The molecule has 1 aliphatic heterocycles. The number of carbonyl (C=O) groups excluding carboxylic acids is 1. The van der Waals surface area contributed by atoms with E-state index >= 15 is 0 Å². The topological polar surface area (TPSA) is 78.0 Å². The highest BCUT2D eigenvalue weighted by Crippen LogP contribution is 2.13. The third kappa shape index (κ3) is 8.47. The van der Waals surface area contributed by atoms with Crippen LogP contribution in [0.25, 0.3) is 0 Å². The van der Waals surface area contributed by atoms with E-state index in [1.54, 1.807) is 19.2 Å². The van der Waals surface area contributed by atoms with Crippen LogP contribution >= 0.6 is 24.0 Å². The second kappa shape index (κ2) is 14.0. The Kier molecular flexibility index (Phi) is 11.3. The van der Waals surface area contributed by atoms with Crippen LogP contribution in [0.5, 0.6) is 0 Å². The highest BCUT2D eigenvalue weighted by atomic mass is 127. The SMILES string of the molecule is CN=C(NCCNC(=O)c1ccccc1)NCc1ccccc1CN1CCOCC1.I. The van der Waals surface area contributed by atoms with Gasteiger partial charge in [-0.3, -0.25) is 14.7 Å². The number of nitrogens with zero attached hydrogens (tertiary/aromatic N) is 2. The molecule has 31 heavy (non-hydrogen) atoms. The summed E-state index contributed by atoms with van der Waals surface area (Å²) in [5.74, 6) is 0.641. The fourth-order valence-corrected chi connectivity index (χ4v) is 3.33. The fourth-order valence-electron chi connectivity index (χ4n) is 3.33. The van der Waals surface area contributed by atoms with Crippen molar-refractivity contribution in [1.82, 2.24) is 20.9 Å². The number of benzene rings is 2. The number of halogens is 1. The molecule has 2 aromatic carbocycles. The molecule has 8 heteroatoms. The average molecular weight is 537 g/mol. The molecule has 0 aromatic heterocycles. The van der Waals surface area contributed by atoms with Gasteiger partial charge in [0.05, 0.1) is 13.2 Å². The number of morpholine rings is 1. The maximum Gasteiger partial charge on any atom is 0.251 e. The number of hydrogen-bond acceptors (Lipinski definition) is 4. The monoisotopic (exact) mass is 537 g/mol. The quantitative estimate of drug-likeness (QED) is 0.209. The number of ether oxygens (including phenoxy) is 1. The molecule has 1 fully saturated rings. The third-order valence-corrected chi connectivity index (χ3v) is 5.02. The predicted octanol–water partition coefficient (Wildman–Crippen LogP) is 2.23. The summed E-state index contributed by atoms with van der Waals surface area (Å²) in [6.45, 7) is 6.28. The van der Waals surface area contributed by atoms with E-state index in [2.05, 4.69) is 50.1 Å². The van der Waals surface area contributed by atoms with Crippen LogP contribution < -0.4 is 16.0 Å². The Balaban J connectivity index is 0.00000341. The maximum absolute atomic E-state index is 12.1. The van der Waals surface area contributed by atoms with Gasteiger partial charge >= 0.3 is 0 Å². The molecule has 2 aromatic rings. The number of guanidine groups is 1. The number of carbonyl (C=O) groups is 1. The molecule has 1 saturated heterocycles. The minimum absolute atomic E-state index is 0. The summed E-state index contributed by atoms with van der Waals surface area (Å²) in [4.78, 5) is 18.8. The lowest BCUT2D eigenvalue weighted by molar-refractivity contribution is 0.0341. The molecule has 0 unspecified atom stereocenters. The Morgan fingerprint density at radius 1 is 0.935 bits per heavy atom. The molecular formula is C23H32IN5O2. The summed E-state index contributed by atoms with van der Waals surface area (Å²) in [5.41, 5.74) is 3.23. The molecule has 1 aliphatic rings. The van der Waals surface area contributed by atoms with Crippen molar-refractivity contribution < 1.29 is 9.53 Å². The predicted molar refractivity (Wildman–Crippen MR) is 135 cm³/mol. The van der Waals surface area contributed by atoms with Gasteiger partial charge in [-0.05, 0) is 23.3 Å². The molecule has 0 spiro atoms. The van der Waals surface area contributed by atoms with Crippen LogP contribution in [-0.4, -0.2) is 63.2 Å². The summed E-state index contributed by atoms with van der Waals surface area (Å²) in [5, 5.41) is 9.52. The smallest absolute Gasteiger partial charge is 0.251 e. The van der Waals surface area contributed by atoms with Gasteiger partial charge in [-0.2, -0.15) is 0 Å². The molecule has 0 saturated carbocycles. The largest absolute Gasteiger partial charge is 0.379 e. The zero-order valence-corrected chi connectivity index (χ0v) is 20.3. The van der Waals surface area contributed by atoms with Gasteiger partial charge in [-0.15, -0.1) is 24.0 Å². The minimum Gasteiger partial charge on any atom is -0.379 e. The van der Waals surface area contributed by atoms with E-state index < -0.39 is 0 Å². The van der Waals surface area contributed by atoms with E-state index in [9.17, 15) is 4.79 Å². The van der Waals surface area contributed by atoms with Gasteiger partial charge in [0, 0.05) is 51.9 Å². The van der Waals surface area contributed by atoms with Gasteiger partial charge in [-0.25, -0.2) is 0 Å². The summed E-state index contributed by atoms with van der Waals surface area (Å²) >= 11 is 0. The van der Waals surface area contributed by atoms with Crippen molar-refractivity contribution >= 4 is 35.8 Å². The summed E-state index contributed by atoms with van der Waals surface area (Å²) in [7, 11) is 1.75. The minimum atomic E-state index is -0.0719. The molecule has 3 rings (SSSR count). The first-order chi connectivity index (χ1) is 14.8. The lowest BCUT2D eigenvalue weighted by Crippen LogP contribution is -2.41. The van der Waals surface area contributed by atoms with E-state index in [4.69, 9.17) is 4.74 Å². The molecule has 1 heterocycles. The molecule has 0 radical (unpaired) electrons. The van der Waals surface area contributed by atoms with Crippen molar-refractivity contribution in [2.75, 3.05) is 46.4 Å². The second-order valence-electron chi connectivity index (χ2n) is 7.13. The number of hydrogen-bond donors (Lipinski definition) is 3. The van der Waals surface area contributed by atoms with Gasteiger partial charge in [0.25, 0.3) is 5.91 Å². The van der Waals surface area contributed by atoms with E-state index in [1.165, 1.54) is 11.1 Å². The second-order valence-corrected chi connectivity index (χ2v) is 7.13. The normalized spacial score (nSPS) is 14.4. The summed E-state index contributed by atoms with van der Waals surface area (Å²) < 4.78 is 5.44. The first kappa shape index (κ1) is 25.1. The van der Waals surface area contributed by atoms with Gasteiger partial charge in [0.2, 0.25) is 0 Å². The Morgan fingerprint density at radius 2 is 1.58 bits per heavy atom. The van der Waals surface area contributed by atoms with Crippen LogP contribution in [0.15, 0.2) is 59.6 Å². The zero-order valence-electron chi connectivity index (χ0n) is 18.0. The standard InChI is InChI=1S/C23H31N5O2.HI/c1-24-23(26-12-11-25-22(29)19-7-3-2-4-8-19)27-17-20-9-5-6-10-21(20)18-28-13-15-30-16-14-28;/h2-10H,11-18H2,1H3,(H,25,29)(H2,24,26,27);1H. The van der Waals surface area contributed by atoms with Crippen molar-refractivity contribution in [2.24, 2.45) is 4.99 Å². The first-order valence-electron chi connectivity index (χ1n) is 10.4.